The van der Waals surface area contributed by atoms with Gasteiger partial charge in [0.15, 0.2) is 0 Å². The Kier molecular flexibility index (Phi) is 8.69. The standard InChI is InChI=1S/C23H29NO3/c1-18(23(26)27-2)16-19-11-13-20(14-12-19)17-22(25)10-5-3-4-8-21-9-6-7-15-24-21/h6-7,9,11-15,18H,3-5,8,10,16-17H2,1-2H3/t18-/m0/s1. The summed E-state index contributed by atoms with van der Waals surface area (Å²) in [6.07, 6.45) is 7.60. The summed E-state index contributed by atoms with van der Waals surface area (Å²) in [6, 6.07) is 13.9. The molecule has 0 radical (unpaired) electrons. The zero-order valence-electron chi connectivity index (χ0n) is 16.3. The number of carbonyl (C=O) groups is 2. The Bertz CT molecular complexity index is 710. The first-order valence-corrected chi connectivity index (χ1v) is 9.65. The van der Waals surface area contributed by atoms with E-state index in [-0.39, 0.29) is 17.7 Å². The zero-order chi connectivity index (χ0) is 19.5. The van der Waals surface area contributed by atoms with Crippen LogP contribution in [0, 0.1) is 5.92 Å². The number of unbranched alkanes of at least 4 members (excludes halogenated alkanes) is 2. The minimum Gasteiger partial charge on any atom is -0.469 e. The second-order valence-corrected chi connectivity index (χ2v) is 7.04. The van der Waals surface area contributed by atoms with Gasteiger partial charge in [0.05, 0.1) is 13.0 Å². The van der Waals surface area contributed by atoms with Gasteiger partial charge in [0.1, 0.15) is 5.78 Å². The first kappa shape index (κ1) is 20.8. The number of ketones is 1. The fourth-order valence-corrected chi connectivity index (χ4v) is 3.10. The molecule has 27 heavy (non-hydrogen) atoms. The average Bonchev–Trinajstić information content (AvgIpc) is 2.69. The van der Waals surface area contributed by atoms with E-state index in [1.807, 2.05) is 55.6 Å². The van der Waals surface area contributed by atoms with Crippen molar-refractivity contribution in [2.75, 3.05) is 7.11 Å². The lowest BCUT2D eigenvalue weighted by Crippen LogP contribution is -2.15. The third-order valence-electron chi connectivity index (χ3n) is 4.68. The summed E-state index contributed by atoms with van der Waals surface area (Å²) >= 11 is 0. The lowest BCUT2D eigenvalue weighted by atomic mass is 9.98. The lowest BCUT2D eigenvalue weighted by Gasteiger charge is -2.09. The normalized spacial score (nSPS) is 11.8. The summed E-state index contributed by atoms with van der Waals surface area (Å²) in [5, 5.41) is 0. The molecule has 0 bridgehead atoms. The zero-order valence-corrected chi connectivity index (χ0v) is 16.3. The van der Waals surface area contributed by atoms with E-state index in [0.29, 0.717) is 19.3 Å². The molecule has 0 spiro atoms. The minimum absolute atomic E-state index is 0.159. The van der Waals surface area contributed by atoms with E-state index in [9.17, 15) is 9.59 Å². The van der Waals surface area contributed by atoms with Crippen LogP contribution in [-0.2, 0) is 33.6 Å². The summed E-state index contributed by atoms with van der Waals surface area (Å²) < 4.78 is 4.75. The molecule has 1 aromatic carbocycles. The van der Waals surface area contributed by atoms with Gasteiger partial charge in [-0.05, 0) is 48.9 Å². The Morgan fingerprint density at radius 2 is 1.74 bits per heavy atom. The number of rotatable bonds is 11. The van der Waals surface area contributed by atoms with Crippen LogP contribution in [0.15, 0.2) is 48.7 Å². The highest BCUT2D eigenvalue weighted by Gasteiger charge is 2.13. The van der Waals surface area contributed by atoms with Gasteiger partial charge in [0.2, 0.25) is 0 Å². The fraction of sp³-hybridized carbons (Fsp3) is 0.435. The van der Waals surface area contributed by atoms with Gasteiger partial charge in [-0.15, -0.1) is 0 Å². The largest absolute Gasteiger partial charge is 0.469 e. The van der Waals surface area contributed by atoms with Crippen LogP contribution in [0.2, 0.25) is 0 Å². The van der Waals surface area contributed by atoms with Crippen LogP contribution in [0.5, 0.6) is 0 Å². The van der Waals surface area contributed by atoms with Gasteiger partial charge in [-0.3, -0.25) is 14.6 Å². The molecule has 2 rings (SSSR count). The highest BCUT2D eigenvalue weighted by atomic mass is 16.5. The van der Waals surface area contributed by atoms with Crippen molar-refractivity contribution >= 4 is 11.8 Å². The number of nitrogens with zero attached hydrogens (tertiary/aromatic N) is 1. The van der Waals surface area contributed by atoms with E-state index < -0.39 is 0 Å². The van der Waals surface area contributed by atoms with Gasteiger partial charge in [-0.25, -0.2) is 0 Å². The number of aromatic nitrogens is 1. The van der Waals surface area contributed by atoms with Gasteiger partial charge in [-0.2, -0.15) is 0 Å². The van der Waals surface area contributed by atoms with Crippen LogP contribution in [-0.4, -0.2) is 23.8 Å². The maximum Gasteiger partial charge on any atom is 0.308 e. The molecule has 0 fully saturated rings. The van der Waals surface area contributed by atoms with Crippen molar-refractivity contribution in [3.05, 3.63) is 65.5 Å². The molecule has 4 nitrogen and oxygen atoms in total. The number of aryl methyl sites for hydroxylation is 1. The van der Waals surface area contributed by atoms with E-state index >= 15 is 0 Å². The van der Waals surface area contributed by atoms with E-state index in [1.165, 1.54) is 7.11 Å². The number of Topliss-reactive ketones (excluding diaryl/α,β-unsaturated/α-hetero) is 1. The number of hydrogen-bond donors (Lipinski definition) is 0. The molecule has 0 amide bonds. The number of hydrogen-bond acceptors (Lipinski definition) is 4. The van der Waals surface area contributed by atoms with Gasteiger partial charge in [-0.1, -0.05) is 43.7 Å². The second-order valence-electron chi connectivity index (χ2n) is 7.04. The van der Waals surface area contributed by atoms with Crippen LogP contribution in [0.25, 0.3) is 0 Å². The molecule has 0 unspecified atom stereocenters. The maximum absolute atomic E-state index is 12.2. The first-order chi connectivity index (χ1) is 13.1. The van der Waals surface area contributed by atoms with Crippen LogP contribution in [0.4, 0.5) is 0 Å². The Labute approximate surface area is 162 Å². The van der Waals surface area contributed by atoms with Gasteiger partial charge in [0, 0.05) is 24.7 Å². The molecule has 0 N–H and O–H groups in total. The minimum atomic E-state index is -0.197. The van der Waals surface area contributed by atoms with Gasteiger partial charge < -0.3 is 4.74 Å². The van der Waals surface area contributed by atoms with Crippen molar-refractivity contribution < 1.29 is 14.3 Å². The fourth-order valence-electron chi connectivity index (χ4n) is 3.10. The molecule has 0 aliphatic heterocycles. The summed E-state index contributed by atoms with van der Waals surface area (Å²) in [6.45, 7) is 1.86. The Hall–Kier alpha value is -2.49. The molecule has 1 aromatic heterocycles. The van der Waals surface area contributed by atoms with Gasteiger partial charge in [0.25, 0.3) is 0 Å². The number of esters is 1. The predicted octanol–water partition coefficient (Wildman–Crippen LogP) is 4.35. The number of benzene rings is 1. The highest BCUT2D eigenvalue weighted by Crippen LogP contribution is 2.13. The predicted molar refractivity (Wildman–Crippen MR) is 106 cm³/mol. The monoisotopic (exact) mass is 367 g/mol. The maximum atomic E-state index is 12.2. The summed E-state index contributed by atoms with van der Waals surface area (Å²) in [4.78, 5) is 28.0. The summed E-state index contributed by atoms with van der Waals surface area (Å²) in [5.74, 6) is -0.0746. The Balaban J connectivity index is 1.65. The molecular formula is C23H29NO3. The van der Waals surface area contributed by atoms with E-state index in [2.05, 4.69) is 4.98 Å². The number of pyridine rings is 1. The number of carbonyl (C=O) groups excluding carboxylic acids is 2. The summed E-state index contributed by atoms with van der Waals surface area (Å²) in [5.41, 5.74) is 3.23. The Morgan fingerprint density at radius 1 is 1.00 bits per heavy atom. The topological polar surface area (TPSA) is 56.3 Å². The quantitative estimate of drug-likeness (QED) is 0.438. The van der Waals surface area contributed by atoms with Crippen LogP contribution < -0.4 is 0 Å². The molecule has 1 heterocycles. The van der Waals surface area contributed by atoms with E-state index in [4.69, 9.17) is 4.74 Å². The van der Waals surface area contributed by atoms with Crippen LogP contribution in [0.3, 0.4) is 0 Å². The first-order valence-electron chi connectivity index (χ1n) is 9.65. The van der Waals surface area contributed by atoms with Crippen molar-refractivity contribution in [3.8, 4) is 0 Å². The molecule has 0 aliphatic rings. The average molecular weight is 367 g/mol. The van der Waals surface area contributed by atoms with Crippen molar-refractivity contribution in [3.63, 3.8) is 0 Å². The molecule has 1 atom stereocenters. The molecule has 0 saturated heterocycles. The van der Waals surface area contributed by atoms with Crippen molar-refractivity contribution in [1.82, 2.24) is 4.98 Å². The van der Waals surface area contributed by atoms with Crippen molar-refractivity contribution in [1.29, 1.82) is 0 Å². The summed E-state index contributed by atoms with van der Waals surface area (Å²) in [7, 11) is 1.41. The third kappa shape index (κ3) is 7.73. The molecule has 144 valence electrons. The third-order valence-corrected chi connectivity index (χ3v) is 4.68. The SMILES string of the molecule is COC(=O)[C@@H](C)Cc1ccc(CC(=O)CCCCCc2ccccn2)cc1. The lowest BCUT2D eigenvalue weighted by molar-refractivity contribution is -0.144. The van der Waals surface area contributed by atoms with Crippen LogP contribution >= 0.6 is 0 Å². The number of ether oxygens (including phenoxy) is 1. The molecule has 2 aromatic rings. The van der Waals surface area contributed by atoms with Gasteiger partial charge >= 0.3 is 5.97 Å². The molecule has 4 heteroatoms. The van der Waals surface area contributed by atoms with E-state index in [0.717, 1.165) is 42.5 Å². The molecule has 0 saturated carbocycles. The molecular weight excluding hydrogens is 338 g/mol. The Morgan fingerprint density at radius 3 is 2.41 bits per heavy atom. The highest BCUT2D eigenvalue weighted by molar-refractivity contribution is 5.80. The molecule has 0 aliphatic carbocycles. The number of methoxy groups -OCH3 is 1. The van der Waals surface area contributed by atoms with Crippen molar-refractivity contribution in [2.24, 2.45) is 5.92 Å². The van der Waals surface area contributed by atoms with E-state index in [1.54, 1.807) is 0 Å². The second kappa shape index (κ2) is 11.3. The van der Waals surface area contributed by atoms with Crippen molar-refractivity contribution in [2.45, 2.75) is 51.9 Å². The van der Waals surface area contributed by atoms with Crippen LogP contribution in [0.1, 0.15) is 49.4 Å². The smallest absolute Gasteiger partial charge is 0.308 e.